The number of nitrogens with zero attached hydrogens (tertiary/aromatic N) is 1. The van der Waals surface area contributed by atoms with Gasteiger partial charge in [0.1, 0.15) is 11.8 Å². The van der Waals surface area contributed by atoms with E-state index >= 15 is 0 Å². The molecule has 0 bridgehead atoms. The van der Waals surface area contributed by atoms with Gasteiger partial charge >= 0.3 is 0 Å². The summed E-state index contributed by atoms with van der Waals surface area (Å²) in [7, 11) is 3.14. The maximum absolute atomic E-state index is 13.0. The molecule has 0 saturated carbocycles. The molecule has 2 aromatic rings. The number of ether oxygens (including phenoxy) is 2. The maximum Gasteiger partial charge on any atom is 0.253 e. The van der Waals surface area contributed by atoms with Crippen LogP contribution in [-0.4, -0.2) is 69.1 Å². The third-order valence-corrected chi connectivity index (χ3v) is 6.18. The molecular formula is C26H33N3O5. The summed E-state index contributed by atoms with van der Waals surface area (Å²) in [5.41, 5.74) is 1.96. The molecule has 1 fully saturated rings. The van der Waals surface area contributed by atoms with Crippen molar-refractivity contribution in [2.45, 2.75) is 25.8 Å². The summed E-state index contributed by atoms with van der Waals surface area (Å²) in [5, 5.41) is 5.80. The Balaban J connectivity index is 1.69. The summed E-state index contributed by atoms with van der Waals surface area (Å²) in [6.45, 7) is 3.62. The Hall–Kier alpha value is -3.39. The molecule has 8 nitrogen and oxygen atoms in total. The number of nitrogens with one attached hydrogen (secondary N) is 2. The normalized spacial score (nSPS) is 14.9. The smallest absolute Gasteiger partial charge is 0.253 e. The molecule has 0 spiro atoms. The fraction of sp³-hybridized carbons (Fsp3) is 0.423. The van der Waals surface area contributed by atoms with Gasteiger partial charge in [-0.2, -0.15) is 0 Å². The zero-order chi connectivity index (χ0) is 24.5. The van der Waals surface area contributed by atoms with Gasteiger partial charge in [0.2, 0.25) is 5.91 Å². The zero-order valence-corrected chi connectivity index (χ0v) is 20.0. The van der Waals surface area contributed by atoms with E-state index in [9.17, 15) is 14.4 Å². The molecule has 3 amide bonds. The Morgan fingerprint density at radius 3 is 2.47 bits per heavy atom. The average Bonchev–Trinajstić information content (AvgIpc) is 2.87. The van der Waals surface area contributed by atoms with E-state index < -0.39 is 6.04 Å². The lowest BCUT2D eigenvalue weighted by atomic mass is 9.88. The minimum Gasteiger partial charge on any atom is -0.497 e. The van der Waals surface area contributed by atoms with Crippen molar-refractivity contribution in [2.75, 3.05) is 40.5 Å². The van der Waals surface area contributed by atoms with Gasteiger partial charge in [0.15, 0.2) is 0 Å². The quantitative estimate of drug-likeness (QED) is 0.552. The van der Waals surface area contributed by atoms with Gasteiger partial charge in [0.05, 0.1) is 13.7 Å². The first-order valence-electron chi connectivity index (χ1n) is 11.5. The SMILES string of the molecule is COCCNC(=O)[C@@H](NC(=O)c1ccccc1C)C1CCN(C(=O)c2cccc(OC)c2)CC1. The molecule has 0 aromatic heterocycles. The van der Waals surface area contributed by atoms with Gasteiger partial charge in [-0.1, -0.05) is 24.3 Å². The van der Waals surface area contributed by atoms with Crippen LogP contribution in [0.5, 0.6) is 5.75 Å². The van der Waals surface area contributed by atoms with Crippen LogP contribution in [0.2, 0.25) is 0 Å². The van der Waals surface area contributed by atoms with E-state index in [0.29, 0.717) is 56.0 Å². The molecule has 1 saturated heterocycles. The Bertz CT molecular complexity index is 1000. The maximum atomic E-state index is 13.0. The predicted molar refractivity (Wildman–Crippen MR) is 129 cm³/mol. The van der Waals surface area contributed by atoms with Gasteiger partial charge in [0.25, 0.3) is 11.8 Å². The largest absolute Gasteiger partial charge is 0.497 e. The zero-order valence-electron chi connectivity index (χ0n) is 20.0. The van der Waals surface area contributed by atoms with Crippen LogP contribution in [0.25, 0.3) is 0 Å². The fourth-order valence-corrected chi connectivity index (χ4v) is 4.20. The molecule has 1 atom stereocenters. The van der Waals surface area contributed by atoms with Gasteiger partial charge in [-0.25, -0.2) is 0 Å². The standard InChI is InChI=1S/C26H33N3O5/c1-18-7-4-5-10-22(18)24(30)28-23(25(31)27-13-16-33-2)19-11-14-29(15-12-19)26(32)20-8-6-9-21(17-20)34-3/h4-10,17,19,23H,11-16H2,1-3H3,(H,27,31)(H,28,30)/t23-/m0/s1. The molecular weight excluding hydrogens is 434 g/mol. The Morgan fingerprint density at radius 1 is 1.06 bits per heavy atom. The van der Waals surface area contributed by atoms with Gasteiger partial charge in [-0.15, -0.1) is 0 Å². The van der Waals surface area contributed by atoms with Crippen LogP contribution < -0.4 is 15.4 Å². The number of likely N-dealkylation sites (tertiary alicyclic amines) is 1. The van der Waals surface area contributed by atoms with Gasteiger partial charge in [0, 0.05) is 37.9 Å². The van der Waals surface area contributed by atoms with E-state index in [1.54, 1.807) is 55.5 Å². The van der Waals surface area contributed by atoms with E-state index in [0.717, 1.165) is 5.56 Å². The van der Waals surface area contributed by atoms with Gasteiger partial charge < -0.3 is 25.0 Å². The Kier molecular flexibility index (Phi) is 9.04. The third kappa shape index (κ3) is 6.35. The highest BCUT2D eigenvalue weighted by atomic mass is 16.5. The van der Waals surface area contributed by atoms with Crippen LogP contribution in [0.15, 0.2) is 48.5 Å². The van der Waals surface area contributed by atoms with Crippen LogP contribution in [0.1, 0.15) is 39.1 Å². The Labute approximate surface area is 200 Å². The summed E-state index contributed by atoms with van der Waals surface area (Å²) in [6, 6.07) is 13.7. The molecule has 0 aliphatic carbocycles. The number of hydrogen-bond donors (Lipinski definition) is 2. The van der Waals surface area contributed by atoms with Gasteiger partial charge in [-0.05, 0) is 55.5 Å². The summed E-state index contributed by atoms with van der Waals surface area (Å²) in [4.78, 5) is 40.7. The topological polar surface area (TPSA) is 97.0 Å². The van der Waals surface area contributed by atoms with Crippen LogP contribution in [0.4, 0.5) is 0 Å². The van der Waals surface area contributed by atoms with Crippen molar-refractivity contribution in [1.29, 1.82) is 0 Å². The Morgan fingerprint density at radius 2 is 1.79 bits per heavy atom. The van der Waals surface area contributed by atoms with E-state index in [-0.39, 0.29) is 23.6 Å². The summed E-state index contributed by atoms with van der Waals surface area (Å²) >= 11 is 0. The molecule has 34 heavy (non-hydrogen) atoms. The molecule has 2 N–H and O–H groups in total. The van der Waals surface area contributed by atoms with Crippen molar-refractivity contribution < 1.29 is 23.9 Å². The first-order valence-corrected chi connectivity index (χ1v) is 11.5. The molecule has 0 radical (unpaired) electrons. The number of piperidine rings is 1. The molecule has 1 heterocycles. The van der Waals surface area contributed by atoms with Crippen LogP contribution in [0, 0.1) is 12.8 Å². The van der Waals surface area contributed by atoms with E-state index in [4.69, 9.17) is 9.47 Å². The molecule has 1 aliphatic rings. The van der Waals surface area contributed by atoms with Crippen molar-refractivity contribution in [3.8, 4) is 5.75 Å². The van der Waals surface area contributed by atoms with Crippen molar-refractivity contribution in [1.82, 2.24) is 15.5 Å². The van der Waals surface area contributed by atoms with Crippen LogP contribution >= 0.6 is 0 Å². The monoisotopic (exact) mass is 467 g/mol. The number of carbonyl (C=O) groups is 3. The molecule has 182 valence electrons. The lowest BCUT2D eigenvalue weighted by Gasteiger charge is -2.36. The average molecular weight is 468 g/mol. The fourth-order valence-electron chi connectivity index (χ4n) is 4.20. The first-order chi connectivity index (χ1) is 16.4. The van der Waals surface area contributed by atoms with Crippen molar-refractivity contribution >= 4 is 17.7 Å². The van der Waals surface area contributed by atoms with Gasteiger partial charge in [-0.3, -0.25) is 14.4 Å². The highest BCUT2D eigenvalue weighted by Gasteiger charge is 2.34. The lowest BCUT2D eigenvalue weighted by Crippen LogP contribution is -2.54. The molecule has 8 heteroatoms. The summed E-state index contributed by atoms with van der Waals surface area (Å²) in [6.07, 6.45) is 1.21. The summed E-state index contributed by atoms with van der Waals surface area (Å²) < 4.78 is 10.3. The van der Waals surface area contributed by atoms with E-state index in [1.807, 2.05) is 19.1 Å². The second-order valence-corrected chi connectivity index (χ2v) is 8.41. The molecule has 2 aromatic carbocycles. The second kappa shape index (κ2) is 12.2. The lowest BCUT2D eigenvalue weighted by molar-refractivity contribution is -0.124. The molecule has 0 unspecified atom stereocenters. The number of rotatable bonds is 9. The van der Waals surface area contributed by atoms with Crippen molar-refractivity contribution in [3.63, 3.8) is 0 Å². The first kappa shape index (κ1) is 25.2. The number of aryl methyl sites for hydroxylation is 1. The van der Waals surface area contributed by atoms with Crippen molar-refractivity contribution in [3.05, 3.63) is 65.2 Å². The van der Waals surface area contributed by atoms with E-state index in [2.05, 4.69) is 10.6 Å². The number of methoxy groups -OCH3 is 2. The van der Waals surface area contributed by atoms with Crippen molar-refractivity contribution in [2.24, 2.45) is 5.92 Å². The predicted octanol–water partition coefficient (Wildman–Crippen LogP) is 2.42. The summed E-state index contributed by atoms with van der Waals surface area (Å²) in [5.74, 6) is -0.0452. The molecule has 1 aliphatic heterocycles. The van der Waals surface area contributed by atoms with Crippen LogP contribution in [0.3, 0.4) is 0 Å². The number of carbonyl (C=O) groups excluding carboxylic acids is 3. The number of amides is 3. The number of benzene rings is 2. The minimum atomic E-state index is -0.696. The van der Waals surface area contributed by atoms with E-state index in [1.165, 1.54) is 0 Å². The molecule has 3 rings (SSSR count). The highest BCUT2D eigenvalue weighted by molar-refractivity contribution is 5.98. The second-order valence-electron chi connectivity index (χ2n) is 8.41. The minimum absolute atomic E-state index is 0.0672. The highest BCUT2D eigenvalue weighted by Crippen LogP contribution is 2.24. The third-order valence-electron chi connectivity index (χ3n) is 6.18. The number of hydrogen-bond acceptors (Lipinski definition) is 5. The van der Waals surface area contributed by atoms with Crippen LogP contribution in [-0.2, 0) is 9.53 Å².